The van der Waals surface area contributed by atoms with Gasteiger partial charge in [-0.1, -0.05) is 0 Å². The molecule has 0 fully saturated rings. The van der Waals surface area contributed by atoms with Gasteiger partial charge in [-0.3, -0.25) is 0 Å². The van der Waals surface area contributed by atoms with Gasteiger partial charge in [0.15, 0.2) is 0 Å². The Balaban J connectivity index is 2.19. The van der Waals surface area contributed by atoms with Crippen LogP contribution >= 0.6 is 0 Å². The van der Waals surface area contributed by atoms with Crippen molar-refractivity contribution in [1.29, 1.82) is 0 Å². The van der Waals surface area contributed by atoms with Crippen LogP contribution in [-0.4, -0.2) is 41.8 Å². The molecule has 0 aliphatic carbocycles. The van der Waals surface area contributed by atoms with Gasteiger partial charge in [0.2, 0.25) is 0 Å². The van der Waals surface area contributed by atoms with E-state index >= 15 is 0 Å². The molecule has 0 aliphatic heterocycles. The summed E-state index contributed by atoms with van der Waals surface area (Å²) in [5, 5.41) is 0. The first-order valence-corrected chi connectivity index (χ1v) is 9.35. The molecule has 0 atom stereocenters. The summed E-state index contributed by atoms with van der Waals surface area (Å²) in [7, 11) is 0. The van der Waals surface area contributed by atoms with E-state index in [4.69, 9.17) is 0 Å². The van der Waals surface area contributed by atoms with E-state index in [2.05, 4.69) is 9.94 Å². The number of hydrogen-bond donors (Lipinski definition) is 0. The van der Waals surface area contributed by atoms with Gasteiger partial charge >= 0.3 is 54.3 Å². The molecule has 0 radical (unpaired) electrons. The maximum absolute atomic E-state index is 2.37. The Kier molecular flexibility index (Phi) is 7.34. The molecule has 0 saturated heterocycles. The van der Waals surface area contributed by atoms with E-state index in [0.717, 1.165) is 0 Å². The van der Waals surface area contributed by atoms with Crippen molar-refractivity contribution in [2.24, 2.45) is 0 Å². The summed E-state index contributed by atoms with van der Waals surface area (Å²) in [5.74, 6) is 0. The molecule has 32 valence electrons. The first-order valence-electron chi connectivity index (χ1n) is 1.39. The summed E-state index contributed by atoms with van der Waals surface area (Å²) < 4.78 is 1.65. The van der Waals surface area contributed by atoms with Crippen LogP contribution in [0.5, 0.6) is 0 Å². The molecule has 0 N–H and O–H groups in total. The minimum atomic E-state index is 0.531. The van der Waals surface area contributed by atoms with E-state index in [0.29, 0.717) is 41.8 Å². The zero-order valence-corrected chi connectivity index (χ0v) is 8.18. The van der Waals surface area contributed by atoms with E-state index in [1.807, 2.05) is 0 Å². The van der Waals surface area contributed by atoms with Crippen molar-refractivity contribution < 1.29 is 0 Å². The maximum atomic E-state index is 2.37. The monoisotopic (exact) mass is 304 g/mol. The van der Waals surface area contributed by atoms with Crippen molar-refractivity contribution >= 4 is 41.8 Å². The van der Waals surface area contributed by atoms with Gasteiger partial charge in [-0.25, -0.2) is 0 Å². The van der Waals surface area contributed by atoms with Crippen LogP contribution in [0.25, 0.3) is 0 Å². The summed E-state index contributed by atoms with van der Waals surface area (Å²) >= 11 is 1.06. The van der Waals surface area contributed by atoms with E-state index in [1.54, 1.807) is 2.52 Å². The zero-order valence-electron chi connectivity index (χ0n) is 3.52. The SMILES string of the molecule is C[Te]C[Te]C. The van der Waals surface area contributed by atoms with E-state index in [1.165, 1.54) is 0 Å². The third-order valence-electron chi connectivity index (χ3n) is 0.236. The molecule has 0 nitrogen and oxygen atoms in total. The van der Waals surface area contributed by atoms with Crippen LogP contribution < -0.4 is 0 Å². The molecule has 0 rings (SSSR count). The molecule has 2 heteroatoms. The molecular formula is C3H8Te2. The van der Waals surface area contributed by atoms with Crippen LogP contribution in [0.15, 0.2) is 0 Å². The summed E-state index contributed by atoms with van der Waals surface area (Å²) in [6.45, 7) is 0. The average molecular weight is 299 g/mol. The van der Waals surface area contributed by atoms with Gasteiger partial charge in [0.1, 0.15) is 0 Å². The molecule has 0 bridgehead atoms. The number of hydrogen-bond acceptors (Lipinski definition) is 0. The summed E-state index contributed by atoms with van der Waals surface area (Å²) in [6.07, 6.45) is 0. The van der Waals surface area contributed by atoms with Gasteiger partial charge in [0, 0.05) is 0 Å². The van der Waals surface area contributed by atoms with Crippen molar-refractivity contribution in [3.05, 3.63) is 0 Å². The van der Waals surface area contributed by atoms with Gasteiger partial charge in [0.05, 0.1) is 0 Å². The van der Waals surface area contributed by atoms with Crippen molar-refractivity contribution in [2.45, 2.75) is 12.5 Å². The van der Waals surface area contributed by atoms with Crippen LogP contribution in [0.1, 0.15) is 0 Å². The Morgan fingerprint density at radius 1 is 1.20 bits per heavy atom. The molecule has 0 aromatic rings. The molecular weight excluding hydrogens is 291 g/mol. The van der Waals surface area contributed by atoms with Crippen LogP contribution in [0.2, 0.25) is 12.5 Å². The second-order valence-electron chi connectivity index (χ2n) is 0.695. The summed E-state index contributed by atoms with van der Waals surface area (Å²) in [6, 6.07) is 0. The van der Waals surface area contributed by atoms with Crippen molar-refractivity contribution in [2.75, 3.05) is 0 Å². The second-order valence-corrected chi connectivity index (χ2v) is 9.18. The quantitative estimate of drug-likeness (QED) is 0.664. The molecule has 0 aromatic carbocycles. The predicted octanol–water partition coefficient (Wildman–Crippen LogP) is 0.867. The Hall–Kier alpha value is 1.58. The fraction of sp³-hybridized carbons (Fsp3) is 1.00. The van der Waals surface area contributed by atoms with Crippen LogP contribution in [0.3, 0.4) is 0 Å². The normalized spacial score (nSPS) is 8.40. The Bertz CT molecular complexity index is 12.4. The summed E-state index contributed by atoms with van der Waals surface area (Å²) in [5.41, 5.74) is 0. The molecule has 0 amide bonds. The van der Waals surface area contributed by atoms with E-state index in [9.17, 15) is 0 Å². The molecule has 0 heterocycles. The Morgan fingerprint density at radius 2 is 1.60 bits per heavy atom. The van der Waals surface area contributed by atoms with E-state index < -0.39 is 0 Å². The summed E-state index contributed by atoms with van der Waals surface area (Å²) in [4.78, 5) is 4.75. The Morgan fingerprint density at radius 3 is 1.60 bits per heavy atom. The van der Waals surface area contributed by atoms with Gasteiger partial charge in [-0.2, -0.15) is 0 Å². The molecule has 0 unspecified atom stereocenters. The average Bonchev–Trinajstić information content (AvgIpc) is 1.41. The molecule has 0 spiro atoms. The third kappa shape index (κ3) is 5.58. The standard InChI is InChI=1S/C3H8Te2/c1-4-3-5-2/h3H2,1-2H3. The fourth-order valence-electron chi connectivity index (χ4n) is 0.118. The number of rotatable bonds is 2. The van der Waals surface area contributed by atoms with Gasteiger partial charge in [0.25, 0.3) is 0 Å². The molecule has 5 heavy (non-hydrogen) atoms. The first-order chi connectivity index (χ1) is 2.41. The molecule has 0 aliphatic rings. The topological polar surface area (TPSA) is 0 Å². The van der Waals surface area contributed by atoms with Gasteiger partial charge in [-0.15, -0.1) is 0 Å². The van der Waals surface area contributed by atoms with Crippen molar-refractivity contribution in [1.82, 2.24) is 0 Å². The Labute approximate surface area is 53.9 Å². The van der Waals surface area contributed by atoms with Crippen LogP contribution in [-0.2, 0) is 0 Å². The van der Waals surface area contributed by atoms with Crippen molar-refractivity contribution in [3.8, 4) is 0 Å². The van der Waals surface area contributed by atoms with Gasteiger partial charge < -0.3 is 0 Å². The molecule has 0 aromatic heterocycles. The zero-order chi connectivity index (χ0) is 4.12. The van der Waals surface area contributed by atoms with Crippen LogP contribution in [0, 0.1) is 0 Å². The van der Waals surface area contributed by atoms with Crippen molar-refractivity contribution in [3.63, 3.8) is 0 Å². The second kappa shape index (κ2) is 5.58. The van der Waals surface area contributed by atoms with Gasteiger partial charge in [-0.05, 0) is 0 Å². The fourth-order valence-corrected chi connectivity index (χ4v) is 5.30. The van der Waals surface area contributed by atoms with Crippen LogP contribution in [0.4, 0.5) is 0 Å². The first kappa shape index (κ1) is 6.58. The molecule has 0 saturated carbocycles. The minimum absolute atomic E-state index is 0.531. The predicted molar refractivity (Wildman–Crippen MR) is 28.0 cm³/mol. The van der Waals surface area contributed by atoms with E-state index in [-0.39, 0.29) is 0 Å². The third-order valence-corrected chi connectivity index (χ3v) is 10.6.